The van der Waals surface area contributed by atoms with Crippen LogP contribution in [-0.4, -0.2) is 19.5 Å². The normalized spacial score (nSPS) is 10.3. The first kappa shape index (κ1) is 14.5. The highest BCUT2D eigenvalue weighted by atomic mass is 16.6. The average Bonchev–Trinajstić information content (AvgIpc) is 2.90. The van der Waals surface area contributed by atoms with Crippen LogP contribution in [0.15, 0.2) is 55.0 Å². The Labute approximate surface area is 131 Å². The van der Waals surface area contributed by atoms with E-state index in [1.54, 1.807) is 49.6 Å². The van der Waals surface area contributed by atoms with Gasteiger partial charge in [0, 0.05) is 25.4 Å². The summed E-state index contributed by atoms with van der Waals surface area (Å²) in [6, 6.07) is 12.1. The summed E-state index contributed by atoms with van der Waals surface area (Å²) < 4.78 is 12.6. The van der Waals surface area contributed by atoms with Crippen molar-refractivity contribution in [3.8, 4) is 23.3 Å². The number of aromatic nitrogens is 3. The van der Waals surface area contributed by atoms with Crippen molar-refractivity contribution in [3.63, 3.8) is 0 Å². The molecular weight excluding hydrogens is 300 g/mol. The van der Waals surface area contributed by atoms with E-state index in [2.05, 4.69) is 9.97 Å². The first-order valence-corrected chi connectivity index (χ1v) is 6.66. The van der Waals surface area contributed by atoms with E-state index in [-0.39, 0.29) is 11.7 Å². The maximum Gasteiger partial charge on any atom is 0.427 e. The third kappa shape index (κ3) is 3.26. The predicted molar refractivity (Wildman–Crippen MR) is 80.7 cm³/mol. The van der Waals surface area contributed by atoms with Gasteiger partial charge in [0.2, 0.25) is 12.2 Å². The van der Waals surface area contributed by atoms with Crippen molar-refractivity contribution in [2.45, 2.75) is 0 Å². The van der Waals surface area contributed by atoms with Gasteiger partial charge in [-0.1, -0.05) is 12.1 Å². The molecule has 0 N–H and O–H groups in total. The van der Waals surface area contributed by atoms with Gasteiger partial charge in [-0.3, -0.25) is 4.57 Å². The summed E-state index contributed by atoms with van der Waals surface area (Å²) in [4.78, 5) is 18.1. The zero-order valence-corrected chi connectivity index (χ0v) is 12.1. The van der Waals surface area contributed by atoms with Crippen LogP contribution < -0.4 is 9.47 Å². The molecule has 3 rings (SSSR count). The molecule has 2 aromatic heterocycles. The Hall–Kier alpha value is -3.42. The maximum atomic E-state index is 11.0. The van der Waals surface area contributed by atoms with Gasteiger partial charge in [0.15, 0.2) is 0 Å². The monoisotopic (exact) mass is 312 g/mol. The zero-order valence-electron chi connectivity index (χ0n) is 12.1. The molecule has 0 unspecified atom stereocenters. The molecule has 0 aliphatic heterocycles. The van der Waals surface area contributed by atoms with Crippen LogP contribution in [0.2, 0.25) is 0 Å². The van der Waals surface area contributed by atoms with E-state index in [0.29, 0.717) is 17.4 Å². The van der Waals surface area contributed by atoms with Crippen molar-refractivity contribution >= 4 is 5.82 Å². The van der Waals surface area contributed by atoms with Crippen LogP contribution in [0.25, 0.3) is 0 Å². The summed E-state index contributed by atoms with van der Waals surface area (Å²) in [5, 5.41) is 11.0. The number of benzene rings is 1. The Balaban J connectivity index is 1.83. The Bertz CT molecular complexity index is 833. The Kier molecular flexibility index (Phi) is 3.88. The number of ether oxygens (including phenoxy) is 2. The summed E-state index contributed by atoms with van der Waals surface area (Å²) in [6.45, 7) is 0. The number of nitrogens with zero attached hydrogens (tertiary/aromatic N) is 4. The molecule has 0 saturated heterocycles. The molecule has 8 nitrogen and oxygen atoms in total. The summed E-state index contributed by atoms with van der Waals surface area (Å²) in [6.07, 6.45) is 2.94. The molecule has 0 bridgehead atoms. The summed E-state index contributed by atoms with van der Waals surface area (Å²) >= 11 is 0. The first-order chi connectivity index (χ1) is 11.1. The Morgan fingerprint density at radius 1 is 1.09 bits per heavy atom. The fourth-order valence-electron chi connectivity index (χ4n) is 1.89. The predicted octanol–water partition coefficient (Wildman–Crippen LogP) is 3.31. The molecule has 0 aliphatic carbocycles. The number of hydrogen-bond donors (Lipinski definition) is 0. The van der Waals surface area contributed by atoms with Crippen molar-refractivity contribution in [3.05, 3.63) is 65.1 Å². The van der Waals surface area contributed by atoms with E-state index in [4.69, 9.17) is 9.47 Å². The van der Waals surface area contributed by atoms with Crippen LogP contribution in [0, 0.1) is 10.1 Å². The standard InChI is InChI=1S/C15H12N4O4/c1-18-10-17-14(19(20)21)15(18)23-12-6-4-5-11(9-12)22-13-7-2-3-8-16-13/h2-10H,1H3. The minimum absolute atomic E-state index is 0.0463. The Morgan fingerprint density at radius 2 is 1.87 bits per heavy atom. The fraction of sp³-hybridized carbons (Fsp3) is 0.0667. The Morgan fingerprint density at radius 3 is 2.57 bits per heavy atom. The van der Waals surface area contributed by atoms with E-state index < -0.39 is 4.92 Å². The van der Waals surface area contributed by atoms with Crippen molar-refractivity contribution < 1.29 is 14.4 Å². The highest BCUT2D eigenvalue weighted by Gasteiger charge is 2.22. The lowest BCUT2D eigenvalue weighted by atomic mass is 10.3. The third-order valence-electron chi connectivity index (χ3n) is 2.92. The van der Waals surface area contributed by atoms with Crippen LogP contribution in [0.1, 0.15) is 0 Å². The number of nitro groups is 1. The second-order valence-corrected chi connectivity index (χ2v) is 4.59. The number of rotatable bonds is 5. The second-order valence-electron chi connectivity index (χ2n) is 4.59. The van der Waals surface area contributed by atoms with Gasteiger partial charge in [0.25, 0.3) is 0 Å². The lowest BCUT2D eigenvalue weighted by Gasteiger charge is -2.08. The number of imidazole rings is 1. The molecule has 116 valence electrons. The molecule has 0 spiro atoms. The van der Waals surface area contributed by atoms with Gasteiger partial charge in [0.05, 0.1) is 0 Å². The molecular formula is C15H12N4O4. The van der Waals surface area contributed by atoms with E-state index in [1.165, 1.54) is 10.9 Å². The van der Waals surface area contributed by atoms with Crippen LogP contribution >= 0.6 is 0 Å². The molecule has 8 heteroatoms. The van der Waals surface area contributed by atoms with Crippen molar-refractivity contribution in [2.24, 2.45) is 7.05 Å². The average molecular weight is 312 g/mol. The van der Waals surface area contributed by atoms with Gasteiger partial charge >= 0.3 is 11.7 Å². The molecule has 1 aromatic carbocycles. The minimum Gasteiger partial charge on any atom is -0.439 e. The lowest BCUT2D eigenvalue weighted by Crippen LogP contribution is -1.96. The van der Waals surface area contributed by atoms with E-state index in [9.17, 15) is 10.1 Å². The fourth-order valence-corrected chi connectivity index (χ4v) is 1.89. The highest BCUT2D eigenvalue weighted by molar-refractivity contribution is 5.41. The van der Waals surface area contributed by atoms with Crippen LogP contribution in [0.4, 0.5) is 5.82 Å². The number of aryl methyl sites for hydroxylation is 1. The van der Waals surface area contributed by atoms with Crippen LogP contribution in [-0.2, 0) is 7.05 Å². The smallest absolute Gasteiger partial charge is 0.427 e. The van der Waals surface area contributed by atoms with E-state index >= 15 is 0 Å². The molecule has 3 aromatic rings. The molecule has 23 heavy (non-hydrogen) atoms. The van der Waals surface area contributed by atoms with Gasteiger partial charge in [-0.15, -0.1) is 0 Å². The van der Waals surface area contributed by atoms with E-state index in [0.717, 1.165) is 0 Å². The van der Waals surface area contributed by atoms with E-state index in [1.807, 2.05) is 6.07 Å². The van der Waals surface area contributed by atoms with Crippen molar-refractivity contribution in [1.29, 1.82) is 0 Å². The van der Waals surface area contributed by atoms with Crippen molar-refractivity contribution in [1.82, 2.24) is 14.5 Å². The quantitative estimate of drug-likeness (QED) is 0.530. The molecule has 0 fully saturated rings. The van der Waals surface area contributed by atoms with Gasteiger partial charge in [-0.2, -0.15) is 0 Å². The zero-order chi connectivity index (χ0) is 16.2. The summed E-state index contributed by atoms with van der Waals surface area (Å²) in [5.41, 5.74) is 0. The van der Waals surface area contributed by atoms with Gasteiger partial charge < -0.3 is 19.6 Å². The highest BCUT2D eigenvalue weighted by Crippen LogP contribution is 2.31. The van der Waals surface area contributed by atoms with Gasteiger partial charge in [-0.25, -0.2) is 4.98 Å². The molecule has 0 amide bonds. The van der Waals surface area contributed by atoms with Crippen molar-refractivity contribution in [2.75, 3.05) is 0 Å². The molecule has 0 aliphatic rings. The second kappa shape index (κ2) is 6.14. The molecule has 0 radical (unpaired) electrons. The largest absolute Gasteiger partial charge is 0.439 e. The van der Waals surface area contributed by atoms with Crippen LogP contribution in [0.5, 0.6) is 23.3 Å². The topological polar surface area (TPSA) is 92.3 Å². The molecule has 2 heterocycles. The lowest BCUT2D eigenvalue weighted by molar-refractivity contribution is -0.390. The maximum absolute atomic E-state index is 11.0. The van der Waals surface area contributed by atoms with Gasteiger partial charge in [0.1, 0.15) is 11.5 Å². The third-order valence-corrected chi connectivity index (χ3v) is 2.92. The molecule has 0 saturated carbocycles. The SMILES string of the molecule is Cn1cnc([N+](=O)[O-])c1Oc1cccc(Oc2ccccn2)c1. The first-order valence-electron chi connectivity index (χ1n) is 6.66. The summed E-state index contributed by atoms with van der Waals surface area (Å²) in [7, 11) is 1.61. The number of hydrogen-bond acceptors (Lipinski definition) is 6. The molecule has 0 atom stereocenters. The minimum atomic E-state index is -0.594. The van der Waals surface area contributed by atoms with Gasteiger partial charge in [-0.05, 0) is 28.1 Å². The van der Waals surface area contributed by atoms with Crippen LogP contribution in [0.3, 0.4) is 0 Å². The summed E-state index contributed by atoms with van der Waals surface area (Å²) in [5.74, 6) is 1.04. The number of pyridine rings is 1.